The zero-order chi connectivity index (χ0) is 19.8. The minimum Gasteiger partial charge on any atom is -0.462 e. The minimum atomic E-state index is -0.182. The predicted molar refractivity (Wildman–Crippen MR) is 108 cm³/mol. The SMILES string of the molecule is Cc1ccc(F)c(C)c1N1CCc2c(N)nc(OC[C@@H]3CCCN3C)nc2C1. The third-order valence-corrected chi connectivity index (χ3v) is 6.04. The van der Waals surface area contributed by atoms with E-state index in [2.05, 4.69) is 26.8 Å². The van der Waals surface area contributed by atoms with E-state index >= 15 is 0 Å². The molecule has 7 heteroatoms. The van der Waals surface area contributed by atoms with E-state index in [1.54, 1.807) is 0 Å². The highest BCUT2D eigenvalue weighted by Gasteiger charge is 2.26. The second-order valence-electron chi connectivity index (χ2n) is 7.91. The summed E-state index contributed by atoms with van der Waals surface area (Å²) in [5, 5.41) is 0. The summed E-state index contributed by atoms with van der Waals surface area (Å²) >= 11 is 0. The zero-order valence-electron chi connectivity index (χ0n) is 16.8. The van der Waals surface area contributed by atoms with Crippen molar-refractivity contribution >= 4 is 11.5 Å². The number of nitrogen functional groups attached to an aromatic ring is 1. The van der Waals surface area contributed by atoms with Crippen molar-refractivity contribution in [1.82, 2.24) is 14.9 Å². The van der Waals surface area contributed by atoms with Crippen molar-refractivity contribution in [2.45, 2.75) is 45.7 Å². The Bertz CT molecular complexity index is 888. The molecular formula is C21H28FN5O. The molecule has 0 radical (unpaired) electrons. The topological polar surface area (TPSA) is 67.5 Å². The Morgan fingerprint density at radius 1 is 1.25 bits per heavy atom. The van der Waals surface area contributed by atoms with Gasteiger partial charge in [0.15, 0.2) is 0 Å². The maximum absolute atomic E-state index is 14.1. The Kier molecular flexibility index (Phi) is 5.10. The number of aromatic nitrogens is 2. The average molecular weight is 385 g/mol. The molecule has 2 N–H and O–H groups in total. The van der Waals surface area contributed by atoms with Gasteiger partial charge in [-0.15, -0.1) is 0 Å². The fourth-order valence-electron chi connectivity index (χ4n) is 4.35. The van der Waals surface area contributed by atoms with Crippen LogP contribution in [0.15, 0.2) is 12.1 Å². The quantitative estimate of drug-likeness (QED) is 0.873. The number of hydrogen-bond donors (Lipinski definition) is 1. The number of anilines is 2. The third kappa shape index (κ3) is 3.51. The summed E-state index contributed by atoms with van der Waals surface area (Å²) in [5.41, 5.74) is 10.7. The van der Waals surface area contributed by atoms with Gasteiger partial charge in [0, 0.05) is 29.4 Å². The molecular weight excluding hydrogens is 357 g/mol. The molecule has 2 aliphatic heterocycles. The van der Waals surface area contributed by atoms with E-state index in [9.17, 15) is 4.39 Å². The number of benzene rings is 1. The largest absolute Gasteiger partial charge is 0.462 e. The fraction of sp³-hybridized carbons (Fsp3) is 0.524. The van der Waals surface area contributed by atoms with Gasteiger partial charge in [0.1, 0.15) is 18.2 Å². The molecule has 1 aromatic carbocycles. The standard InChI is InChI=1S/C21H28FN5O/c1-13-6-7-17(22)14(2)19(13)27-10-8-16-18(11-27)24-21(25-20(16)23)28-12-15-5-4-9-26(15)3/h6-7,15H,4-5,8-12H2,1-3H3,(H2,23,24,25)/t15-/m0/s1. The molecule has 0 aliphatic carbocycles. The summed E-state index contributed by atoms with van der Waals surface area (Å²) in [6.07, 6.45) is 3.06. The Morgan fingerprint density at radius 2 is 2.07 bits per heavy atom. The highest BCUT2D eigenvalue weighted by atomic mass is 19.1. The molecule has 6 nitrogen and oxygen atoms in total. The van der Waals surface area contributed by atoms with E-state index in [1.807, 2.05) is 19.9 Å². The van der Waals surface area contributed by atoms with Gasteiger partial charge in [-0.05, 0) is 58.3 Å². The molecule has 1 saturated heterocycles. The van der Waals surface area contributed by atoms with Crippen LogP contribution in [0.5, 0.6) is 6.01 Å². The first-order valence-corrected chi connectivity index (χ1v) is 9.93. The van der Waals surface area contributed by atoms with Crippen LogP contribution in [0.4, 0.5) is 15.9 Å². The number of nitrogens with zero attached hydrogens (tertiary/aromatic N) is 4. The number of fused-ring (bicyclic) bond motifs is 1. The molecule has 0 bridgehead atoms. The first kappa shape index (κ1) is 18.9. The van der Waals surface area contributed by atoms with Crippen molar-refractivity contribution in [2.75, 3.05) is 37.4 Å². The van der Waals surface area contributed by atoms with Crippen molar-refractivity contribution in [2.24, 2.45) is 0 Å². The molecule has 2 aromatic rings. The number of hydrogen-bond acceptors (Lipinski definition) is 6. The highest BCUT2D eigenvalue weighted by Crippen LogP contribution is 2.32. The van der Waals surface area contributed by atoms with Crippen molar-refractivity contribution in [1.29, 1.82) is 0 Å². The first-order chi connectivity index (χ1) is 13.4. The average Bonchev–Trinajstić information content (AvgIpc) is 3.08. The zero-order valence-corrected chi connectivity index (χ0v) is 16.8. The molecule has 3 heterocycles. The molecule has 1 atom stereocenters. The van der Waals surface area contributed by atoms with Gasteiger partial charge in [-0.2, -0.15) is 9.97 Å². The Morgan fingerprint density at radius 3 is 2.82 bits per heavy atom. The lowest BCUT2D eigenvalue weighted by Crippen LogP contribution is -2.34. The third-order valence-electron chi connectivity index (χ3n) is 6.04. The number of nitrogens with two attached hydrogens (primary N) is 1. The summed E-state index contributed by atoms with van der Waals surface area (Å²) in [4.78, 5) is 13.5. The summed E-state index contributed by atoms with van der Waals surface area (Å²) in [5.74, 6) is 0.311. The summed E-state index contributed by atoms with van der Waals surface area (Å²) in [6.45, 7) is 6.85. The molecule has 150 valence electrons. The van der Waals surface area contributed by atoms with E-state index in [4.69, 9.17) is 10.5 Å². The lowest BCUT2D eigenvalue weighted by Gasteiger charge is -2.33. The lowest BCUT2D eigenvalue weighted by atomic mass is 10.0. The van der Waals surface area contributed by atoms with Gasteiger partial charge in [-0.3, -0.25) is 0 Å². The van der Waals surface area contributed by atoms with Crippen LogP contribution in [0, 0.1) is 19.7 Å². The number of aryl methyl sites for hydroxylation is 1. The highest BCUT2D eigenvalue weighted by molar-refractivity contribution is 5.61. The summed E-state index contributed by atoms with van der Waals surface area (Å²) in [6, 6.07) is 4.09. The van der Waals surface area contributed by atoms with Crippen LogP contribution in [-0.2, 0) is 13.0 Å². The monoisotopic (exact) mass is 385 g/mol. The van der Waals surface area contributed by atoms with Crippen LogP contribution < -0.4 is 15.4 Å². The smallest absolute Gasteiger partial charge is 0.318 e. The molecule has 1 aromatic heterocycles. The maximum atomic E-state index is 14.1. The Balaban J connectivity index is 1.56. The molecule has 1 fully saturated rings. The van der Waals surface area contributed by atoms with Crippen molar-refractivity contribution < 1.29 is 9.13 Å². The molecule has 0 unspecified atom stereocenters. The van der Waals surface area contributed by atoms with Crippen LogP contribution in [0.2, 0.25) is 0 Å². The van der Waals surface area contributed by atoms with Crippen molar-refractivity contribution in [3.8, 4) is 6.01 Å². The van der Waals surface area contributed by atoms with E-state index in [0.29, 0.717) is 36.6 Å². The van der Waals surface area contributed by atoms with Gasteiger partial charge in [0.25, 0.3) is 0 Å². The van der Waals surface area contributed by atoms with Gasteiger partial charge in [0.05, 0.1) is 12.2 Å². The second-order valence-corrected chi connectivity index (χ2v) is 7.91. The first-order valence-electron chi connectivity index (χ1n) is 9.93. The predicted octanol–water partition coefficient (Wildman–Crippen LogP) is 2.85. The van der Waals surface area contributed by atoms with E-state index in [0.717, 1.165) is 48.4 Å². The van der Waals surface area contributed by atoms with Gasteiger partial charge < -0.3 is 20.3 Å². The normalized spacial score (nSPS) is 19.7. The molecule has 0 spiro atoms. The molecule has 0 saturated carbocycles. The molecule has 4 rings (SSSR count). The maximum Gasteiger partial charge on any atom is 0.318 e. The van der Waals surface area contributed by atoms with E-state index in [1.165, 1.54) is 12.5 Å². The van der Waals surface area contributed by atoms with E-state index < -0.39 is 0 Å². The van der Waals surface area contributed by atoms with Crippen molar-refractivity contribution in [3.05, 3.63) is 40.3 Å². The Hall–Kier alpha value is -2.41. The molecule has 0 amide bonds. The van der Waals surface area contributed by atoms with Crippen molar-refractivity contribution in [3.63, 3.8) is 0 Å². The van der Waals surface area contributed by atoms with Gasteiger partial charge in [-0.25, -0.2) is 4.39 Å². The van der Waals surface area contributed by atoms with Gasteiger partial charge in [0.2, 0.25) is 0 Å². The number of ether oxygens (including phenoxy) is 1. The van der Waals surface area contributed by atoms with Gasteiger partial charge in [-0.1, -0.05) is 6.07 Å². The number of rotatable bonds is 4. The van der Waals surface area contributed by atoms with Crippen LogP contribution in [0.3, 0.4) is 0 Å². The van der Waals surface area contributed by atoms with Crippen LogP contribution in [0.25, 0.3) is 0 Å². The van der Waals surface area contributed by atoms with Crippen LogP contribution >= 0.6 is 0 Å². The van der Waals surface area contributed by atoms with Gasteiger partial charge >= 0.3 is 6.01 Å². The molecule has 28 heavy (non-hydrogen) atoms. The fourth-order valence-corrected chi connectivity index (χ4v) is 4.35. The van der Waals surface area contributed by atoms with Crippen LogP contribution in [-0.4, -0.2) is 47.7 Å². The number of likely N-dealkylation sites (tertiary alicyclic amines) is 1. The second kappa shape index (κ2) is 7.54. The number of likely N-dealkylation sites (N-methyl/N-ethyl adjacent to an activating group) is 1. The summed E-state index contributed by atoms with van der Waals surface area (Å²) in [7, 11) is 2.12. The van der Waals surface area contributed by atoms with Crippen LogP contribution in [0.1, 0.15) is 35.2 Å². The number of halogens is 1. The summed E-state index contributed by atoms with van der Waals surface area (Å²) < 4.78 is 20.0. The molecule has 2 aliphatic rings. The lowest BCUT2D eigenvalue weighted by molar-refractivity contribution is 0.187. The Labute approximate surface area is 165 Å². The minimum absolute atomic E-state index is 0.182. The van der Waals surface area contributed by atoms with E-state index in [-0.39, 0.29) is 5.82 Å².